The molecule has 0 aromatic carbocycles. The van der Waals surface area contributed by atoms with E-state index in [1.54, 1.807) is 0 Å². The first-order valence-corrected chi connectivity index (χ1v) is 5.11. The predicted octanol–water partition coefficient (Wildman–Crippen LogP) is 2.57. The molecule has 1 aliphatic heterocycles. The summed E-state index contributed by atoms with van der Waals surface area (Å²) < 4.78 is 38.5. The Hall–Kier alpha value is -0.250. The van der Waals surface area contributed by atoms with Gasteiger partial charge in [0.15, 0.2) is 0 Å². The summed E-state index contributed by atoms with van der Waals surface area (Å²) in [5.74, 6) is -2.41. The number of nitrogens with zero attached hydrogens (tertiary/aromatic N) is 1. The third-order valence-corrected chi connectivity index (χ3v) is 2.85. The average Bonchev–Trinajstić information content (AvgIpc) is 2.01. The Bertz CT molecular complexity index is 182. The molecule has 0 aromatic heterocycles. The van der Waals surface area contributed by atoms with E-state index >= 15 is 0 Å². The monoisotopic (exact) mass is 209 g/mol. The highest BCUT2D eigenvalue weighted by molar-refractivity contribution is 4.85. The molecule has 0 aromatic rings. The third-order valence-electron chi connectivity index (χ3n) is 2.85. The number of piperidine rings is 1. The largest absolute Gasteiger partial charge is 0.295 e. The first-order valence-electron chi connectivity index (χ1n) is 5.11. The molecule has 1 rings (SSSR count). The lowest BCUT2D eigenvalue weighted by Gasteiger charge is -2.38. The van der Waals surface area contributed by atoms with E-state index in [0.29, 0.717) is 6.54 Å². The lowest BCUT2D eigenvalue weighted by Crippen LogP contribution is -2.48. The molecule has 1 fully saturated rings. The van der Waals surface area contributed by atoms with Gasteiger partial charge in [0, 0.05) is 19.5 Å². The highest BCUT2D eigenvalue weighted by Crippen LogP contribution is 2.33. The number of likely N-dealkylation sites (tertiary alicyclic amines) is 1. The Balaban J connectivity index is 2.57. The van der Waals surface area contributed by atoms with Crippen LogP contribution in [-0.2, 0) is 0 Å². The zero-order chi connectivity index (χ0) is 10.8. The van der Waals surface area contributed by atoms with Crippen molar-refractivity contribution >= 4 is 0 Å². The second kappa shape index (κ2) is 4.51. The van der Waals surface area contributed by atoms with E-state index < -0.39 is 12.6 Å². The van der Waals surface area contributed by atoms with Gasteiger partial charge < -0.3 is 0 Å². The summed E-state index contributed by atoms with van der Waals surface area (Å²) in [5, 5.41) is 0. The Morgan fingerprint density at radius 2 is 2.07 bits per heavy atom. The van der Waals surface area contributed by atoms with Crippen LogP contribution in [0.3, 0.4) is 0 Å². The molecule has 1 unspecified atom stereocenters. The first kappa shape index (κ1) is 11.8. The number of halogens is 3. The SMILES string of the molecule is CC(C)C1CN(CCF)CC(F)(F)C1. The molecule has 0 bridgehead atoms. The standard InChI is InChI=1S/C10H18F3N/c1-8(2)9-5-10(12,13)7-14(6-9)4-3-11/h8-9H,3-7H2,1-2H3. The lowest BCUT2D eigenvalue weighted by molar-refractivity contribution is -0.0923. The quantitative estimate of drug-likeness (QED) is 0.690. The van der Waals surface area contributed by atoms with Crippen LogP contribution in [0.25, 0.3) is 0 Å². The van der Waals surface area contributed by atoms with Crippen molar-refractivity contribution in [3.8, 4) is 0 Å². The Labute approximate surface area is 83.3 Å². The zero-order valence-corrected chi connectivity index (χ0v) is 8.77. The molecule has 1 nitrogen and oxygen atoms in total. The van der Waals surface area contributed by atoms with Crippen molar-refractivity contribution in [1.29, 1.82) is 0 Å². The molecule has 0 radical (unpaired) electrons. The molecule has 84 valence electrons. The maximum absolute atomic E-state index is 13.2. The summed E-state index contributed by atoms with van der Waals surface area (Å²) >= 11 is 0. The van der Waals surface area contributed by atoms with Crippen LogP contribution in [0, 0.1) is 11.8 Å². The van der Waals surface area contributed by atoms with Gasteiger partial charge in [-0.15, -0.1) is 0 Å². The van der Waals surface area contributed by atoms with Crippen molar-refractivity contribution in [2.45, 2.75) is 26.2 Å². The van der Waals surface area contributed by atoms with E-state index in [1.165, 1.54) is 4.90 Å². The van der Waals surface area contributed by atoms with E-state index in [-0.39, 0.29) is 31.3 Å². The Morgan fingerprint density at radius 3 is 2.57 bits per heavy atom. The van der Waals surface area contributed by atoms with Crippen molar-refractivity contribution in [2.75, 3.05) is 26.3 Å². The molecule has 1 saturated heterocycles. The molecule has 1 aliphatic rings. The summed E-state index contributed by atoms with van der Waals surface area (Å²) in [7, 11) is 0. The maximum Gasteiger partial charge on any atom is 0.260 e. The molecular weight excluding hydrogens is 191 g/mol. The molecule has 0 N–H and O–H groups in total. The maximum atomic E-state index is 13.2. The van der Waals surface area contributed by atoms with Gasteiger partial charge in [0.2, 0.25) is 0 Å². The van der Waals surface area contributed by atoms with Crippen LogP contribution in [0.2, 0.25) is 0 Å². The number of hydrogen-bond donors (Lipinski definition) is 0. The molecule has 0 aliphatic carbocycles. The lowest BCUT2D eigenvalue weighted by atomic mass is 9.86. The Kier molecular flexibility index (Phi) is 3.81. The van der Waals surface area contributed by atoms with E-state index in [2.05, 4.69) is 0 Å². The topological polar surface area (TPSA) is 3.24 Å². The van der Waals surface area contributed by atoms with Gasteiger partial charge in [-0.05, 0) is 11.8 Å². The summed E-state index contributed by atoms with van der Waals surface area (Å²) in [6.07, 6.45) is -0.0482. The van der Waals surface area contributed by atoms with Crippen LogP contribution in [-0.4, -0.2) is 37.1 Å². The average molecular weight is 209 g/mol. The van der Waals surface area contributed by atoms with Crippen molar-refractivity contribution in [3.05, 3.63) is 0 Å². The predicted molar refractivity (Wildman–Crippen MR) is 50.3 cm³/mol. The smallest absolute Gasteiger partial charge is 0.260 e. The molecule has 1 atom stereocenters. The minimum Gasteiger partial charge on any atom is -0.295 e. The minimum atomic E-state index is -2.64. The van der Waals surface area contributed by atoms with Gasteiger partial charge >= 0.3 is 0 Å². The van der Waals surface area contributed by atoms with Gasteiger partial charge in [-0.2, -0.15) is 0 Å². The van der Waals surface area contributed by atoms with Gasteiger partial charge in [0.25, 0.3) is 5.92 Å². The number of alkyl halides is 3. The van der Waals surface area contributed by atoms with Crippen LogP contribution in [0.15, 0.2) is 0 Å². The molecule has 0 amide bonds. The molecule has 0 saturated carbocycles. The van der Waals surface area contributed by atoms with Crippen LogP contribution >= 0.6 is 0 Å². The van der Waals surface area contributed by atoms with Gasteiger partial charge in [-0.25, -0.2) is 13.2 Å². The Morgan fingerprint density at radius 1 is 1.43 bits per heavy atom. The van der Waals surface area contributed by atoms with E-state index in [9.17, 15) is 13.2 Å². The minimum absolute atomic E-state index is 0.00898. The number of hydrogen-bond acceptors (Lipinski definition) is 1. The fraction of sp³-hybridized carbons (Fsp3) is 1.00. The van der Waals surface area contributed by atoms with Crippen LogP contribution < -0.4 is 0 Å². The van der Waals surface area contributed by atoms with Crippen molar-refractivity contribution in [1.82, 2.24) is 4.90 Å². The second-order valence-electron chi connectivity index (χ2n) is 4.49. The molecule has 4 heteroatoms. The van der Waals surface area contributed by atoms with Gasteiger partial charge in [0.05, 0.1) is 6.54 Å². The van der Waals surface area contributed by atoms with Gasteiger partial charge in [0.1, 0.15) is 6.67 Å². The van der Waals surface area contributed by atoms with E-state index in [1.807, 2.05) is 13.8 Å². The van der Waals surface area contributed by atoms with Crippen molar-refractivity contribution < 1.29 is 13.2 Å². The van der Waals surface area contributed by atoms with Gasteiger partial charge in [-0.1, -0.05) is 13.8 Å². The fourth-order valence-electron chi connectivity index (χ4n) is 1.97. The molecule has 1 heterocycles. The molecular formula is C10H18F3N. The summed E-state index contributed by atoms with van der Waals surface area (Å²) in [4.78, 5) is 1.54. The van der Waals surface area contributed by atoms with Crippen LogP contribution in [0.1, 0.15) is 20.3 Å². The fourth-order valence-corrected chi connectivity index (χ4v) is 1.97. The highest BCUT2D eigenvalue weighted by Gasteiger charge is 2.40. The normalized spacial score (nSPS) is 28.3. The summed E-state index contributed by atoms with van der Waals surface area (Å²) in [5.41, 5.74) is 0. The van der Waals surface area contributed by atoms with E-state index in [0.717, 1.165) is 0 Å². The van der Waals surface area contributed by atoms with Gasteiger partial charge in [-0.3, -0.25) is 4.90 Å². The molecule has 14 heavy (non-hydrogen) atoms. The van der Waals surface area contributed by atoms with Crippen LogP contribution in [0.4, 0.5) is 13.2 Å². The van der Waals surface area contributed by atoms with Crippen molar-refractivity contribution in [2.24, 2.45) is 11.8 Å². The second-order valence-corrected chi connectivity index (χ2v) is 4.49. The molecule has 0 spiro atoms. The van der Waals surface area contributed by atoms with E-state index in [4.69, 9.17) is 0 Å². The first-order chi connectivity index (χ1) is 6.44. The highest BCUT2D eigenvalue weighted by atomic mass is 19.3. The summed E-state index contributed by atoms with van der Waals surface area (Å²) in [6.45, 7) is 3.82. The zero-order valence-electron chi connectivity index (χ0n) is 8.77. The number of rotatable bonds is 3. The van der Waals surface area contributed by atoms with Crippen molar-refractivity contribution in [3.63, 3.8) is 0 Å². The third kappa shape index (κ3) is 3.15. The van der Waals surface area contributed by atoms with Crippen LogP contribution in [0.5, 0.6) is 0 Å². The summed E-state index contributed by atoms with van der Waals surface area (Å²) in [6, 6.07) is 0.